The van der Waals surface area contributed by atoms with Gasteiger partial charge in [0.05, 0.1) is 6.54 Å². The van der Waals surface area contributed by atoms with Crippen LogP contribution in [-0.2, 0) is 6.54 Å². The standard InChI is InChI=1S/C10H17N3S.HI/c1-12(2)10(13(3)4)11-7-9-5-6-14-8-9;/h5-6,8H,7H2,1-4H3;1H. The van der Waals surface area contributed by atoms with E-state index in [1.807, 2.05) is 38.0 Å². The lowest BCUT2D eigenvalue weighted by Gasteiger charge is -2.22. The van der Waals surface area contributed by atoms with Crippen LogP contribution >= 0.6 is 35.3 Å². The normalized spacial score (nSPS) is 9.07. The van der Waals surface area contributed by atoms with E-state index in [0.717, 1.165) is 12.5 Å². The molecule has 0 spiro atoms. The van der Waals surface area contributed by atoms with Crippen LogP contribution in [0.3, 0.4) is 0 Å². The fourth-order valence-electron chi connectivity index (χ4n) is 1.23. The van der Waals surface area contributed by atoms with Crippen molar-refractivity contribution < 1.29 is 0 Å². The molecule has 0 aliphatic heterocycles. The fraction of sp³-hybridized carbons (Fsp3) is 0.500. The highest BCUT2D eigenvalue weighted by Crippen LogP contribution is 2.07. The van der Waals surface area contributed by atoms with Gasteiger partial charge in [-0.2, -0.15) is 11.3 Å². The third kappa shape index (κ3) is 4.83. The molecule has 0 aliphatic carbocycles. The van der Waals surface area contributed by atoms with E-state index in [9.17, 15) is 0 Å². The van der Waals surface area contributed by atoms with Gasteiger partial charge in [0.15, 0.2) is 5.96 Å². The van der Waals surface area contributed by atoms with Crippen molar-refractivity contribution in [1.82, 2.24) is 9.80 Å². The summed E-state index contributed by atoms with van der Waals surface area (Å²) >= 11 is 1.71. The Hall–Kier alpha value is -0.300. The molecular weight excluding hydrogens is 321 g/mol. The van der Waals surface area contributed by atoms with E-state index in [1.165, 1.54) is 5.56 Å². The number of rotatable bonds is 2. The molecule has 86 valence electrons. The number of nitrogens with zero attached hydrogens (tertiary/aromatic N) is 3. The van der Waals surface area contributed by atoms with Gasteiger partial charge in [-0.3, -0.25) is 0 Å². The van der Waals surface area contributed by atoms with Crippen LogP contribution in [0.15, 0.2) is 21.8 Å². The van der Waals surface area contributed by atoms with E-state index in [4.69, 9.17) is 0 Å². The predicted octanol–water partition coefficient (Wildman–Crippen LogP) is 2.35. The average molecular weight is 339 g/mol. The Kier molecular flexibility index (Phi) is 6.91. The molecular formula is C10H18IN3S. The maximum Gasteiger partial charge on any atom is 0.195 e. The van der Waals surface area contributed by atoms with Crippen LogP contribution < -0.4 is 0 Å². The maximum absolute atomic E-state index is 4.54. The van der Waals surface area contributed by atoms with Gasteiger partial charge in [0, 0.05) is 28.2 Å². The van der Waals surface area contributed by atoms with Crippen LogP contribution in [0, 0.1) is 0 Å². The summed E-state index contributed by atoms with van der Waals surface area (Å²) in [6, 6.07) is 2.11. The maximum atomic E-state index is 4.54. The summed E-state index contributed by atoms with van der Waals surface area (Å²) in [6.07, 6.45) is 0. The monoisotopic (exact) mass is 339 g/mol. The first-order valence-electron chi connectivity index (χ1n) is 4.51. The highest BCUT2D eigenvalue weighted by Gasteiger charge is 2.03. The van der Waals surface area contributed by atoms with Crippen molar-refractivity contribution in [3.05, 3.63) is 22.4 Å². The number of halogens is 1. The number of hydrogen-bond donors (Lipinski definition) is 0. The minimum absolute atomic E-state index is 0. The second kappa shape index (κ2) is 7.05. The molecule has 0 fully saturated rings. The van der Waals surface area contributed by atoms with Gasteiger partial charge >= 0.3 is 0 Å². The van der Waals surface area contributed by atoms with E-state index >= 15 is 0 Å². The van der Waals surface area contributed by atoms with Gasteiger partial charge < -0.3 is 9.80 Å². The third-order valence-corrected chi connectivity index (χ3v) is 2.52. The molecule has 0 radical (unpaired) electrons. The van der Waals surface area contributed by atoms with E-state index in [2.05, 4.69) is 21.8 Å². The lowest BCUT2D eigenvalue weighted by Crippen LogP contribution is -2.35. The molecule has 0 N–H and O–H groups in total. The van der Waals surface area contributed by atoms with Crippen LogP contribution in [0.1, 0.15) is 5.56 Å². The molecule has 0 saturated heterocycles. The van der Waals surface area contributed by atoms with Crippen LogP contribution in [-0.4, -0.2) is 44.0 Å². The highest BCUT2D eigenvalue weighted by atomic mass is 127. The summed E-state index contributed by atoms with van der Waals surface area (Å²) in [5.74, 6) is 0.996. The Balaban J connectivity index is 0.00000196. The van der Waals surface area contributed by atoms with Gasteiger partial charge in [0.1, 0.15) is 0 Å². The predicted molar refractivity (Wildman–Crippen MR) is 78.2 cm³/mol. The zero-order valence-electron chi connectivity index (χ0n) is 9.60. The number of guanidine groups is 1. The molecule has 15 heavy (non-hydrogen) atoms. The lowest BCUT2D eigenvalue weighted by atomic mass is 10.3. The molecule has 5 heteroatoms. The van der Waals surface area contributed by atoms with Crippen LogP contribution in [0.2, 0.25) is 0 Å². The summed E-state index contributed by atoms with van der Waals surface area (Å²) in [7, 11) is 8.03. The van der Waals surface area contributed by atoms with Gasteiger partial charge in [-0.25, -0.2) is 4.99 Å². The molecule has 1 heterocycles. The zero-order chi connectivity index (χ0) is 10.6. The van der Waals surface area contributed by atoms with Gasteiger partial charge in [-0.1, -0.05) is 0 Å². The van der Waals surface area contributed by atoms with Gasteiger partial charge in [-0.05, 0) is 22.4 Å². The summed E-state index contributed by atoms with van der Waals surface area (Å²) < 4.78 is 0. The Bertz CT molecular complexity index is 284. The second-order valence-corrected chi connectivity index (χ2v) is 4.32. The van der Waals surface area contributed by atoms with Crippen molar-refractivity contribution in [2.75, 3.05) is 28.2 Å². The molecule has 1 aromatic heterocycles. The summed E-state index contributed by atoms with van der Waals surface area (Å²) in [4.78, 5) is 8.58. The van der Waals surface area contributed by atoms with Crippen molar-refractivity contribution in [3.8, 4) is 0 Å². The average Bonchev–Trinajstić information content (AvgIpc) is 2.55. The molecule has 0 bridgehead atoms. The summed E-state index contributed by atoms with van der Waals surface area (Å²) in [5, 5.41) is 4.21. The van der Waals surface area contributed by atoms with Crippen molar-refractivity contribution in [2.24, 2.45) is 4.99 Å². The largest absolute Gasteiger partial charge is 0.349 e. The fourth-order valence-corrected chi connectivity index (χ4v) is 1.89. The van der Waals surface area contributed by atoms with E-state index < -0.39 is 0 Å². The van der Waals surface area contributed by atoms with Crippen LogP contribution in [0.4, 0.5) is 0 Å². The van der Waals surface area contributed by atoms with Crippen molar-refractivity contribution in [2.45, 2.75) is 6.54 Å². The van der Waals surface area contributed by atoms with E-state index in [1.54, 1.807) is 11.3 Å². The zero-order valence-corrected chi connectivity index (χ0v) is 12.7. The van der Waals surface area contributed by atoms with Crippen LogP contribution in [0.25, 0.3) is 0 Å². The smallest absolute Gasteiger partial charge is 0.195 e. The first-order chi connectivity index (χ1) is 6.61. The lowest BCUT2D eigenvalue weighted by molar-refractivity contribution is 0.479. The molecule has 3 nitrogen and oxygen atoms in total. The Morgan fingerprint density at radius 2 is 1.87 bits per heavy atom. The molecule has 0 aromatic carbocycles. The molecule has 1 rings (SSSR count). The van der Waals surface area contributed by atoms with Gasteiger partial charge in [-0.15, -0.1) is 24.0 Å². The minimum Gasteiger partial charge on any atom is -0.349 e. The molecule has 0 atom stereocenters. The number of aliphatic imine (C=N–C) groups is 1. The van der Waals surface area contributed by atoms with Crippen molar-refractivity contribution in [3.63, 3.8) is 0 Å². The Morgan fingerprint density at radius 1 is 1.27 bits per heavy atom. The van der Waals surface area contributed by atoms with E-state index in [0.29, 0.717) is 0 Å². The highest BCUT2D eigenvalue weighted by molar-refractivity contribution is 14.0. The molecule has 0 unspecified atom stereocenters. The number of hydrogen-bond acceptors (Lipinski definition) is 2. The van der Waals surface area contributed by atoms with Gasteiger partial charge in [0.25, 0.3) is 0 Å². The summed E-state index contributed by atoms with van der Waals surface area (Å²) in [6.45, 7) is 0.759. The van der Waals surface area contributed by atoms with E-state index in [-0.39, 0.29) is 24.0 Å². The molecule has 0 aliphatic rings. The molecule has 1 aromatic rings. The van der Waals surface area contributed by atoms with Crippen LogP contribution in [0.5, 0.6) is 0 Å². The SMILES string of the molecule is CN(C)C(=NCc1ccsc1)N(C)C.I. The molecule has 0 saturated carbocycles. The Labute approximate surface area is 113 Å². The first-order valence-corrected chi connectivity index (χ1v) is 5.45. The van der Waals surface area contributed by atoms with Gasteiger partial charge in [0.2, 0.25) is 0 Å². The Morgan fingerprint density at radius 3 is 2.27 bits per heavy atom. The van der Waals surface area contributed by atoms with Crippen molar-refractivity contribution >= 4 is 41.3 Å². The number of thiophene rings is 1. The summed E-state index contributed by atoms with van der Waals surface area (Å²) in [5.41, 5.74) is 1.27. The third-order valence-electron chi connectivity index (χ3n) is 1.78. The second-order valence-electron chi connectivity index (χ2n) is 3.54. The first kappa shape index (κ1) is 14.7. The topological polar surface area (TPSA) is 18.8 Å². The van der Waals surface area contributed by atoms with Crippen molar-refractivity contribution in [1.29, 1.82) is 0 Å². The quantitative estimate of drug-likeness (QED) is 0.468. The molecule has 0 amide bonds. The minimum atomic E-state index is 0.